The number of rotatable bonds is 2. The summed E-state index contributed by atoms with van der Waals surface area (Å²) in [7, 11) is 1.78. The Bertz CT molecular complexity index is 507. The molecule has 1 N–H and O–H groups in total. The first-order valence-corrected chi connectivity index (χ1v) is 4.90. The van der Waals surface area contributed by atoms with Gasteiger partial charge in [0, 0.05) is 7.05 Å². The highest BCUT2D eigenvalue weighted by Gasteiger charge is 2.02. The Kier molecular flexibility index (Phi) is 2.15. The zero-order valence-corrected chi connectivity index (χ0v) is 8.50. The highest BCUT2D eigenvalue weighted by atomic mass is 16.1. The second-order valence-electron chi connectivity index (χ2n) is 3.59. The van der Waals surface area contributed by atoms with Gasteiger partial charge < -0.3 is 4.98 Å². The summed E-state index contributed by atoms with van der Waals surface area (Å²) in [5.41, 5.74) is 3.13. The number of hydrogen-bond acceptors (Lipinski definition) is 1. The maximum absolute atomic E-state index is 11.3. The van der Waals surface area contributed by atoms with E-state index < -0.39 is 0 Å². The van der Waals surface area contributed by atoms with Gasteiger partial charge in [0.1, 0.15) is 0 Å². The van der Waals surface area contributed by atoms with Crippen molar-refractivity contribution in [2.45, 2.75) is 19.8 Å². The number of nitrogens with one attached hydrogen (secondary N) is 1. The Balaban J connectivity index is 2.61. The van der Waals surface area contributed by atoms with Crippen LogP contribution in [0.1, 0.15) is 18.9 Å². The van der Waals surface area contributed by atoms with E-state index >= 15 is 0 Å². The molecule has 0 aliphatic rings. The molecule has 74 valence electrons. The number of aromatic amines is 1. The van der Waals surface area contributed by atoms with E-state index in [-0.39, 0.29) is 5.69 Å². The van der Waals surface area contributed by atoms with E-state index in [0.717, 1.165) is 23.9 Å². The average molecular weight is 190 g/mol. The first kappa shape index (κ1) is 9.06. The molecule has 1 aromatic carbocycles. The van der Waals surface area contributed by atoms with Gasteiger partial charge in [-0.2, -0.15) is 0 Å². The van der Waals surface area contributed by atoms with Gasteiger partial charge in [0.05, 0.1) is 11.0 Å². The third-order valence-electron chi connectivity index (χ3n) is 2.51. The fraction of sp³-hybridized carbons (Fsp3) is 0.364. The van der Waals surface area contributed by atoms with Crippen molar-refractivity contribution < 1.29 is 0 Å². The lowest BCUT2D eigenvalue weighted by Crippen LogP contribution is -2.11. The van der Waals surface area contributed by atoms with Gasteiger partial charge >= 0.3 is 5.69 Å². The summed E-state index contributed by atoms with van der Waals surface area (Å²) < 4.78 is 1.63. The van der Waals surface area contributed by atoms with Crippen LogP contribution in [0.5, 0.6) is 0 Å². The maximum Gasteiger partial charge on any atom is 0.326 e. The van der Waals surface area contributed by atoms with Crippen molar-refractivity contribution in [2.75, 3.05) is 0 Å². The minimum absolute atomic E-state index is 0.0475. The van der Waals surface area contributed by atoms with Gasteiger partial charge in [0.2, 0.25) is 0 Å². The van der Waals surface area contributed by atoms with Crippen LogP contribution in [0.3, 0.4) is 0 Å². The van der Waals surface area contributed by atoms with Crippen LogP contribution in [0, 0.1) is 0 Å². The number of fused-ring (bicyclic) bond motifs is 1. The van der Waals surface area contributed by atoms with Crippen LogP contribution in [0.15, 0.2) is 23.0 Å². The van der Waals surface area contributed by atoms with Gasteiger partial charge in [0.25, 0.3) is 0 Å². The molecule has 0 saturated heterocycles. The van der Waals surface area contributed by atoms with Crippen LogP contribution in [0.4, 0.5) is 0 Å². The molecule has 0 aliphatic heterocycles. The SMILES string of the molecule is CCCc1ccc2c(c1)[nH]c(=O)n2C. The van der Waals surface area contributed by atoms with Gasteiger partial charge in [-0.15, -0.1) is 0 Å². The van der Waals surface area contributed by atoms with Crippen molar-refractivity contribution in [3.05, 3.63) is 34.2 Å². The van der Waals surface area contributed by atoms with Gasteiger partial charge in [-0.05, 0) is 24.1 Å². The van der Waals surface area contributed by atoms with E-state index in [1.54, 1.807) is 11.6 Å². The molecule has 1 aromatic heterocycles. The Morgan fingerprint density at radius 1 is 1.43 bits per heavy atom. The van der Waals surface area contributed by atoms with Crippen molar-refractivity contribution >= 4 is 11.0 Å². The van der Waals surface area contributed by atoms with E-state index in [1.165, 1.54) is 5.56 Å². The molecule has 0 aliphatic carbocycles. The largest absolute Gasteiger partial charge is 0.326 e. The maximum atomic E-state index is 11.3. The number of hydrogen-bond donors (Lipinski definition) is 1. The van der Waals surface area contributed by atoms with Crippen molar-refractivity contribution in [3.63, 3.8) is 0 Å². The molecule has 2 rings (SSSR count). The lowest BCUT2D eigenvalue weighted by Gasteiger charge is -1.98. The van der Waals surface area contributed by atoms with Gasteiger partial charge in [0.15, 0.2) is 0 Å². The molecule has 0 fully saturated rings. The molecule has 0 spiro atoms. The van der Waals surface area contributed by atoms with Crippen molar-refractivity contribution in [3.8, 4) is 0 Å². The molecule has 0 amide bonds. The van der Waals surface area contributed by atoms with Crippen molar-refractivity contribution in [2.24, 2.45) is 7.05 Å². The zero-order valence-electron chi connectivity index (χ0n) is 8.50. The van der Waals surface area contributed by atoms with E-state index in [0.29, 0.717) is 0 Å². The Morgan fingerprint density at radius 3 is 2.93 bits per heavy atom. The van der Waals surface area contributed by atoms with Gasteiger partial charge in [-0.25, -0.2) is 4.79 Å². The molecule has 14 heavy (non-hydrogen) atoms. The molecule has 3 nitrogen and oxygen atoms in total. The lowest BCUT2D eigenvalue weighted by atomic mass is 10.1. The van der Waals surface area contributed by atoms with E-state index in [1.807, 2.05) is 6.07 Å². The highest BCUT2D eigenvalue weighted by Crippen LogP contribution is 2.12. The average Bonchev–Trinajstić information content (AvgIpc) is 2.43. The zero-order chi connectivity index (χ0) is 10.1. The van der Waals surface area contributed by atoms with Crippen LogP contribution in [0.25, 0.3) is 11.0 Å². The molecular weight excluding hydrogens is 176 g/mol. The molecule has 1 heterocycles. The molecule has 0 unspecified atom stereocenters. The van der Waals surface area contributed by atoms with E-state index in [4.69, 9.17) is 0 Å². The second-order valence-corrected chi connectivity index (χ2v) is 3.59. The third-order valence-corrected chi connectivity index (χ3v) is 2.51. The smallest absolute Gasteiger partial charge is 0.306 e. The number of nitrogens with zero attached hydrogens (tertiary/aromatic N) is 1. The van der Waals surface area contributed by atoms with Crippen LogP contribution < -0.4 is 5.69 Å². The second kappa shape index (κ2) is 3.33. The van der Waals surface area contributed by atoms with Crippen LogP contribution in [-0.2, 0) is 13.5 Å². The third kappa shape index (κ3) is 1.35. The van der Waals surface area contributed by atoms with Gasteiger partial charge in [-0.1, -0.05) is 19.4 Å². The fourth-order valence-electron chi connectivity index (χ4n) is 1.73. The standard InChI is InChI=1S/C11H14N2O/c1-3-4-8-5-6-10-9(7-8)12-11(14)13(10)2/h5-7H,3-4H2,1-2H3,(H,12,14). The summed E-state index contributed by atoms with van der Waals surface area (Å²) in [5, 5.41) is 0. The first-order chi connectivity index (χ1) is 6.72. The number of imidazole rings is 1. The quantitative estimate of drug-likeness (QED) is 0.770. The molecule has 0 atom stereocenters. The van der Waals surface area contributed by atoms with Crippen LogP contribution in [-0.4, -0.2) is 9.55 Å². The predicted molar refractivity (Wildman–Crippen MR) is 57.5 cm³/mol. The Hall–Kier alpha value is -1.51. The summed E-state index contributed by atoms with van der Waals surface area (Å²) in [6.45, 7) is 2.15. The monoisotopic (exact) mass is 190 g/mol. The topological polar surface area (TPSA) is 37.8 Å². The first-order valence-electron chi connectivity index (χ1n) is 4.90. The molecule has 2 aromatic rings. The molecule has 0 radical (unpaired) electrons. The molecule has 3 heteroatoms. The summed E-state index contributed by atoms with van der Waals surface area (Å²) in [4.78, 5) is 14.1. The summed E-state index contributed by atoms with van der Waals surface area (Å²) >= 11 is 0. The van der Waals surface area contributed by atoms with Crippen molar-refractivity contribution in [1.82, 2.24) is 9.55 Å². The number of benzene rings is 1. The Morgan fingerprint density at radius 2 is 2.21 bits per heavy atom. The molecule has 0 saturated carbocycles. The highest BCUT2D eigenvalue weighted by molar-refractivity contribution is 5.75. The molecular formula is C11H14N2O. The minimum Gasteiger partial charge on any atom is -0.306 e. The van der Waals surface area contributed by atoms with E-state index in [2.05, 4.69) is 24.0 Å². The fourth-order valence-corrected chi connectivity index (χ4v) is 1.73. The molecule has 0 bridgehead atoms. The summed E-state index contributed by atoms with van der Waals surface area (Å²) in [5.74, 6) is 0. The van der Waals surface area contributed by atoms with E-state index in [9.17, 15) is 4.79 Å². The summed E-state index contributed by atoms with van der Waals surface area (Å²) in [6, 6.07) is 6.14. The van der Waals surface area contributed by atoms with Crippen molar-refractivity contribution in [1.29, 1.82) is 0 Å². The number of aryl methyl sites for hydroxylation is 2. The van der Waals surface area contributed by atoms with Crippen LogP contribution >= 0.6 is 0 Å². The normalized spacial score (nSPS) is 11.0. The number of aromatic nitrogens is 2. The summed E-state index contributed by atoms with van der Waals surface area (Å²) in [6.07, 6.45) is 2.19. The van der Waals surface area contributed by atoms with Gasteiger partial charge in [-0.3, -0.25) is 4.57 Å². The minimum atomic E-state index is -0.0475. The predicted octanol–water partition coefficient (Wildman–Crippen LogP) is 1.82. The van der Waals surface area contributed by atoms with Crippen LogP contribution in [0.2, 0.25) is 0 Å². The number of H-pyrrole nitrogens is 1. The lowest BCUT2D eigenvalue weighted by molar-refractivity contribution is 0.891. The Labute approximate surface area is 82.4 Å².